The zero-order chi connectivity index (χ0) is 14.0. The Morgan fingerprint density at radius 2 is 2.00 bits per heavy atom. The summed E-state index contributed by atoms with van der Waals surface area (Å²) in [6.45, 7) is 4.25. The van der Waals surface area contributed by atoms with Gasteiger partial charge in [0.25, 0.3) is 0 Å². The number of aliphatic carboxylic acids is 1. The molecule has 0 saturated heterocycles. The lowest BCUT2D eigenvalue weighted by Crippen LogP contribution is -2.49. The van der Waals surface area contributed by atoms with Gasteiger partial charge in [-0.2, -0.15) is 0 Å². The number of hydrogen-bond donors (Lipinski definition) is 3. The number of carboxylic acids is 1. The molecular formula is C14H24N2O3. The summed E-state index contributed by atoms with van der Waals surface area (Å²) >= 11 is 0. The second kappa shape index (κ2) is 5.80. The normalized spacial score (nSPS) is 30.4. The first-order chi connectivity index (χ1) is 8.97. The standard InChI is InChI=1S/C14H24N2O3/c1-8(2)12(13(17)18)16-14(19)15-7-11-6-9-3-4-10(11)5-9/h8-12H,3-7H2,1-2H3,(H,17,18)(H2,15,16,19)/t9?,10?,11?,12-/m1/s1. The van der Waals surface area contributed by atoms with Gasteiger partial charge >= 0.3 is 12.0 Å². The molecule has 0 spiro atoms. The number of urea groups is 1. The van der Waals surface area contributed by atoms with Gasteiger partial charge in [0.05, 0.1) is 0 Å². The van der Waals surface area contributed by atoms with E-state index in [0.717, 1.165) is 11.8 Å². The number of carbonyl (C=O) groups is 2. The molecule has 2 amide bonds. The molecule has 0 aromatic carbocycles. The van der Waals surface area contributed by atoms with Gasteiger partial charge in [0.1, 0.15) is 6.04 Å². The predicted octanol–water partition coefficient (Wildman–Crippen LogP) is 1.83. The van der Waals surface area contributed by atoms with Crippen molar-refractivity contribution in [2.45, 2.75) is 45.6 Å². The summed E-state index contributed by atoms with van der Waals surface area (Å²) in [4.78, 5) is 22.7. The van der Waals surface area contributed by atoms with Crippen LogP contribution in [0.4, 0.5) is 4.79 Å². The summed E-state index contributed by atoms with van der Waals surface area (Å²) in [7, 11) is 0. The fourth-order valence-electron chi connectivity index (χ4n) is 3.56. The molecule has 0 aromatic heterocycles. The Labute approximate surface area is 114 Å². The second-order valence-corrected chi connectivity index (χ2v) is 6.35. The molecule has 3 N–H and O–H groups in total. The fraction of sp³-hybridized carbons (Fsp3) is 0.857. The average Bonchev–Trinajstić information content (AvgIpc) is 2.94. The molecule has 2 aliphatic rings. The molecule has 2 bridgehead atoms. The smallest absolute Gasteiger partial charge is 0.326 e. The molecule has 2 aliphatic carbocycles. The zero-order valence-electron chi connectivity index (χ0n) is 11.7. The Hall–Kier alpha value is -1.26. The van der Waals surface area contributed by atoms with Crippen molar-refractivity contribution in [1.29, 1.82) is 0 Å². The van der Waals surface area contributed by atoms with E-state index < -0.39 is 12.0 Å². The molecule has 108 valence electrons. The monoisotopic (exact) mass is 268 g/mol. The number of fused-ring (bicyclic) bond motifs is 2. The zero-order valence-corrected chi connectivity index (χ0v) is 11.7. The molecule has 0 heterocycles. The minimum atomic E-state index is -0.981. The van der Waals surface area contributed by atoms with E-state index in [2.05, 4.69) is 10.6 Å². The minimum absolute atomic E-state index is 0.120. The Morgan fingerprint density at radius 3 is 2.47 bits per heavy atom. The third-order valence-electron chi connectivity index (χ3n) is 4.63. The highest BCUT2D eigenvalue weighted by Gasteiger charge is 2.39. The maximum absolute atomic E-state index is 11.7. The largest absolute Gasteiger partial charge is 0.480 e. The van der Waals surface area contributed by atoms with Gasteiger partial charge < -0.3 is 15.7 Å². The van der Waals surface area contributed by atoms with Crippen molar-refractivity contribution >= 4 is 12.0 Å². The van der Waals surface area contributed by atoms with Gasteiger partial charge in [0, 0.05) is 6.54 Å². The van der Waals surface area contributed by atoms with Gasteiger partial charge in [-0.05, 0) is 42.9 Å². The lowest BCUT2D eigenvalue weighted by Gasteiger charge is -2.23. The molecule has 5 nitrogen and oxygen atoms in total. The van der Waals surface area contributed by atoms with Gasteiger partial charge in [-0.15, -0.1) is 0 Å². The van der Waals surface area contributed by atoms with Crippen LogP contribution >= 0.6 is 0 Å². The molecule has 4 atom stereocenters. The summed E-state index contributed by atoms with van der Waals surface area (Å²) in [5.74, 6) is 1.12. The number of amides is 2. The fourth-order valence-corrected chi connectivity index (χ4v) is 3.56. The van der Waals surface area contributed by atoms with Crippen LogP contribution in [-0.2, 0) is 4.79 Å². The maximum Gasteiger partial charge on any atom is 0.326 e. The molecule has 2 fully saturated rings. The van der Waals surface area contributed by atoms with Crippen molar-refractivity contribution in [3.8, 4) is 0 Å². The molecule has 0 aromatic rings. The van der Waals surface area contributed by atoms with Gasteiger partial charge in [-0.3, -0.25) is 0 Å². The van der Waals surface area contributed by atoms with Crippen molar-refractivity contribution in [3.63, 3.8) is 0 Å². The van der Waals surface area contributed by atoms with E-state index in [1.165, 1.54) is 25.7 Å². The van der Waals surface area contributed by atoms with Crippen molar-refractivity contribution in [2.24, 2.45) is 23.7 Å². The Kier molecular flexibility index (Phi) is 4.32. The molecule has 0 radical (unpaired) electrons. The first-order valence-electron chi connectivity index (χ1n) is 7.24. The molecule has 2 saturated carbocycles. The van der Waals surface area contributed by atoms with Crippen molar-refractivity contribution in [3.05, 3.63) is 0 Å². The van der Waals surface area contributed by atoms with Crippen LogP contribution in [0.1, 0.15) is 39.5 Å². The van der Waals surface area contributed by atoms with E-state index in [9.17, 15) is 9.59 Å². The van der Waals surface area contributed by atoms with Crippen LogP contribution in [0, 0.1) is 23.7 Å². The summed E-state index contributed by atoms with van der Waals surface area (Å²) < 4.78 is 0. The van der Waals surface area contributed by atoms with E-state index in [4.69, 9.17) is 5.11 Å². The molecule has 2 rings (SSSR count). The first-order valence-corrected chi connectivity index (χ1v) is 7.24. The van der Waals surface area contributed by atoms with Crippen LogP contribution < -0.4 is 10.6 Å². The number of hydrogen-bond acceptors (Lipinski definition) is 2. The van der Waals surface area contributed by atoms with E-state index >= 15 is 0 Å². The quantitative estimate of drug-likeness (QED) is 0.712. The number of rotatable bonds is 5. The Bertz CT molecular complexity index is 357. The predicted molar refractivity (Wildman–Crippen MR) is 71.7 cm³/mol. The number of carbonyl (C=O) groups excluding carboxylic acids is 1. The van der Waals surface area contributed by atoms with Crippen LogP contribution in [0.5, 0.6) is 0 Å². The highest BCUT2D eigenvalue weighted by atomic mass is 16.4. The van der Waals surface area contributed by atoms with E-state index in [1.807, 2.05) is 0 Å². The van der Waals surface area contributed by atoms with E-state index in [-0.39, 0.29) is 11.9 Å². The molecule has 5 heteroatoms. The first kappa shape index (κ1) is 14.2. The van der Waals surface area contributed by atoms with Crippen LogP contribution in [0.3, 0.4) is 0 Å². The van der Waals surface area contributed by atoms with Crippen molar-refractivity contribution in [1.82, 2.24) is 10.6 Å². The lowest BCUT2D eigenvalue weighted by atomic mass is 9.89. The Morgan fingerprint density at radius 1 is 1.26 bits per heavy atom. The van der Waals surface area contributed by atoms with Gasteiger partial charge in [-0.25, -0.2) is 9.59 Å². The molecule has 3 unspecified atom stereocenters. The number of carboxylic acid groups (broad SMARTS) is 1. The second-order valence-electron chi connectivity index (χ2n) is 6.35. The third kappa shape index (κ3) is 3.39. The highest BCUT2D eigenvalue weighted by molar-refractivity contribution is 5.82. The summed E-state index contributed by atoms with van der Waals surface area (Å²) in [6.07, 6.45) is 5.18. The van der Waals surface area contributed by atoms with Crippen LogP contribution in [-0.4, -0.2) is 29.7 Å². The number of nitrogens with one attached hydrogen (secondary N) is 2. The minimum Gasteiger partial charge on any atom is -0.480 e. The van der Waals surface area contributed by atoms with Crippen LogP contribution in [0.15, 0.2) is 0 Å². The Balaban J connectivity index is 1.74. The summed E-state index contributed by atoms with van der Waals surface area (Å²) in [5, 5.41) is 14.4. The van der Waals surface area contributed by atoms with Gasteiger partial charge in [0.2, 0.25) is 0 Å². The topological polar surface area (TPSA) is 78.4 Å². The molecular weight excluding hydrogens is 244 g/mol. The lowest BCUT2D eigenvalue weighted by molar-refractivity contribution is -0.140. The van der Waals surface area contributed by atoms with Crippen LogP contribution in [0.2, 0.25) is 0 Å². The molecule has 19 heavy (non-hydrogen) atoms. The van der Waals surface area contributed by atoms with Crippen molar-refractivity contribution < 1.29 is 14.7 Å². The van der Waals surface area contributed by atoms with Crippen molar-refractivity contribution in [2.75, 3.05) is 6.54 Å². The highest BCUT2D eigenvalue weighted by Crippen LogP contribution is 2.47. The summed E-state index contributed by atoms with van der Waals surface area (Å²) in [5.41, 5.74) is 0. The van der Waals surface area contributed by atoms with Gasteiger partial charge in [0.15, 0.2) is 0 Å². The van der Waals surface area contributed by atoms with Gasteiger partial charge in [-0.1, -0.05) is 20.3 Å². The molecule has 0 aliphatic heterocycles. The SMILES string of the molecule is CC(C)[C@@H](NC(=O)NCC1CC2CCC1C2)C(=O)O. The summed E-state index contributed by atoms with van der Waals surface area (Å²) in [6, 6.07) is -1.18. The van der Waals surface area contributed by atoms with E-state index in [1.54, 1.807) is 13.8 Å². The van der Waals surface area contributed by atoms with Crippen LogP contribution in [0.25, 0.3) is 0 Å². The maximum atomic E-state index is 11.7. The average molecular weight is 268 g/mol. The third-order valence-corrected chi connectivity index (χ3v) is 4.63. The van der Waals surface area contributed by atoms with E-state index in [0.29, 0.717) is 12.5 Å².